The number of benzene rings is 2. The molecule has 0 spiro atoms. The second-order valence-electron chi connectivity index (χ2n) is 5.56. The van der Waals surface area contributed by atoms with Crippen LogP contribution < -0.4 is 0 Å². The number of hydrogen-bond acceptors (Lipinski definition) is 4. The van der Waals surface area contributed by atoms with Gasteiger partial charge >= 0.3 is 12.1 Å². The molecule has 0 aliphatic heterocycles. The predicted molar refractivity (Wildman–Crippen MR) is 94.3 cm³/mol. The molecule has 2 aromatic carbocycles. The van der Waals surface area contributed by atoms with Gasteiger partial charge in [-0.05, 0) is 24.1 Å². The van der Waals surface area contributed by atoms with Crippen molar-refractivity contribution in [3.05, 3.63) is 71.9 Å². The van der Waals surface area contributed by atoms with Crippen molar-refractivity contribution in [2.24, 2.45) is 0 Å². The Morgan fingerprint density at radius 3 is 2.44 bits per heavy atom. The number of para-hydroxylation sites is 1. The predicted octanol–water partition coefficient (Wildman–Crippen LogP) is 3.93. The highest BCUT2D eigenvalue weighted by molar-refractivity contribution is 5.94. The zero-order valence-electron chi connectivity index (χ0n) is 14.0. The van der Waals surface area contributed by atoms with E-state index in [1.807, 2.05) is 54.6 Å². The fourth-order valence-corrected chi connectivity index (χ4v) is 2.70. The van der Waals surface area contributed by atoms with Crippen LogP contribution in [0.2, 0.25) is 0 Å². The van der Waals surface area contributed by atoms with E-state index in [2.05, 4.69) is 0 Å². The van der Waals surface area contributed by atoms with E-state index in [0.29, 0.717) is 12.1 Å². The zero-order chi connectivity index (χ0) is 17.6. The van der Waals surface area contributed by atoms with Crippen molar-refractivity contribution in [3.8, 4) is 0 Å². The first-order valence-electron chi connectivity index (χ1n) is 8.14. The molecule has 0 amide bonds. The standard InChI is InChI=1S/C20H19NO4/c1-2-24-19(22)12-16-13-21(18-11-7-6-10-17(16)18)20(23)25-14-15-8-4-3-5-9-15/h3-11,13H,2,12,14H2,1H3. The van der Waals surface area contributed by atoms with E-state index < -0.39 is 6.09 Å². The molecule has 3 rings (SSSR count). The highest BCUT2D eigenvalue weighted by Gasteiger charge is 2.16. The summed E-state index contributed by atoms with van der Waals surface area (Å²) in [4.78, 5) is 24.3. The average Bonchev–Trinajstić information content (AvgIpc) is 2.99. The van der Waals surface area contributed by atoms with Gasteiger partial charge in [0.15, 0.2) is 0 Å². The molecule has 0 aliphatic carbocycles. The summed E-state index contributed by atoms with van der Waals surface area (Å²) in [6.45, 7) is 2.29. The summed E-state index contributed by atoms with van der Waals surface area (Å²) < 4.78 is 11.8. The van der Waals surface area contributed by atoms with Crippen LogP contribution in [0, 0.1) is 0 Å². The molecule has 5 heteroatoms. The van der Waals surface area contributed by atoms with Crippen molar-refractivity contribution in [1.29, 1.82) is 0 Å². The van der Waals surface area contributed by atoms with Crippen LogP contribution >= 0.6 is 0 Å². The van der Waals surface area contributed by atoms with E-state index in [4.69, 9.17) is 9.47 Å². The van der Waals surface area contributed by atoms with Gasteiger partial charge in [0, 0.05) is 11.6 Å². The molecule has 0 unspecified atom stereocenters. The second kappa shape index (κ2) is 7.66. The van der Waals surface area contributed by atoms with Crippen LogP contribution in [0.1, 0.15) is 18.1 Å². The zero-order valence-corrected chi connectivity index (χ0v) is 14.0. The maximum atomic E-state index is 12.5. The number of nitrogens with zero attached hydrogens (tertiary/aromatic N) is 1. The topological polar surface area (TPSA) is 57.5 Å². The number of hydrogen-bond donors (Lipinski definition) is 0. The largest absolute Gasteiger partial charge is 0.466 e. The number of carbonyl (C=O) groups excluding carboxylic acids is 2. The van der Waals surface area contributed by atoms with Crippen LogP contribution in [0.15, 0.2) is 60.8 Å². The molecule has 5 nitrogen and oxygen atoms in total. The van der Waals surface area contributed by atoms with Crippen LogP contribution in [0.3, 0.4) is 0 Å². The van der Waals surface area contributed by atoms with Gasteiger partial charge in [0.2, 0.25) is 0 Å². The lowest BCUT2D eigenvalue weighted by atomic mass is 10.1. The van der Waals surface area contributed by atoms with E-state index >= 15 is 0 Å². The summed E-state index contributed by atoms with van der Waals surface area (Å²) in [6, 6.07) is 16.9. The minimum Gasteiger partial charge on any atom is -0.466 e. The van der Waals surface area contributed by atoms with Crippen LogP contribution in [-0.2, 0) is 27.3 Å². The molecular weight excluding hydrogens is 318 g/mol. The average molecular weight is 337 g/mol. The van der Waals surface area contributed by atoms with Gasteiger partial charge in [0.1, 0.15) is 6.61 Å². The highest BCUT2D eigenvalue weighted by Crippen LogP contribution is 2.22. The third-order valence-corrected chi connectivity index (χ3v) is 3.84. The third-order valence-electron chi connectivity index (χ3n) is 3.84. The molecular formula is C20H19NO4. The van der Waals surface area contributed by atoms with Crippen molar-refractivity contribution in [1.82, 2.24) is 4.57 Å². The van der Waals surface area contributed by atoms with E-state index in [0.717, 1.165) is 16.5 Å². The monoisotopic (exact) mass is 337 g/mol. The quantitative estimate of drug-likeness (QED) is 0.662. The molecule has 0 aliphatic rings. The van der Waals surface area contributed by atoms with Gasteiger partial charge in [0.05, 0.1) is 18.5 Å². The lowest BCUT2D eigenvalue weighted by Crippen LogP contribution is -2.12. The molecule has 0 bridgehead atoms. The smallest absolute Gasteiger partial charge is 0.418 e. The summed E-state index contributed by atoms with van der Waals surface area (Å²) in [5.74, 6) is -0.317. The van der Waals surface area contributed by atoms with Crippen LogP contribution in [0.4, 0.5) is 4.79 Å². The number of aromatic nitrogens is 1. The number of rotatable bonds is 5. The lowest BCUT2D eigenvalue weighted by molar-refractivity contribution is -0.142. The first kappa shape index (κ1) is 16.8. The van der Waals surface area contributed by atoms with Crippen LogP contribution in [0.5, 0.6) is 0 Å². The summed E-state index contributed by atoms with van der Waals surface area (Å²) >= 11 is 0. The van der Waals surface area contributed by atoms with Crippen molar-refractivity contribution in [3.63, 3.8) is 0 Å². The molecule has 0 radical (unpaired) electrons. The normalized spacial score (nSPS) is 10.6. The van der Waals surface area contributed by atoms with E-state index in [1.54, 1.807) is 13.1 Å². The molecule has 1 heterocycles. The Balaban J connectivity index is 1.83. The Morgan fingerprint density at radius 2 is 1.68 bits per heavy atom. The molecule has 0 fully saturated rings. The number of ether oxygens (including phenoxy) is 2. The number of carbonyl (C=O) groups is 2. The van der Waals surface area contributed by atoms with Crippen LogP contribution in [-0.4, -0.2) is 23.2 Å². The Bertz CT molecular complexity index is 883. The second-order valence-corrected chi connectivity index (χ2v) is 5.56. The van der Waals surface area contributed by atoms with E-state index in [1.165, 1.54) is 4.57 Å². The van der Waals surface area contributed by atoms with Crippen molar-refractivity contribution in [2.75, 3.05) is 6.61 Å². The lowest BCUT2D eigenvalue weighted by Gasteiger charge is -2.06. The molecule has 0 saturated heterocycles. The molecule has 25 heavy (non-hydrogen) atoms. The van der Waals surface area contributed by atoms with Gasteiger partial charge < -0.3 is 9.47 Å². The minimum atomic E-state index is -0.477. The number of esters is 1. The van der Waals surface area contributed by atoms with Gasteiger partial charge in [0.25, 0.3) is 0 Å². The molecule has 3 aromatic rings. The maximum absolute atomic E-state index is 12.5. The summed E-state index contributed by atoms with van der Waals surface area (Å²) in [7, 11) is 0. The van der Waals surface area contributed by atoms with Gasteiger partial charge in [-0.25, -0.2) is 4.79 Å². The molecule has 0 saturated carbocycles. The number of fused-ring (bicyclic) bond motifs is 1. The van der Waals surface area contributed by atoms with Crippen LogP contribution in [0.25, 0.3) is 10.9 Å². The van der Waals surface area contributed by atoms with Gasteiger partial charge in [-0.15, -0.1) is 0 Å². The van der Waals surface area contributed by atoms with Gasteiger partial charge in [-0.1, -0.05) is 48.5 Å². The summed E-state index contributed by atoms with van der Waals surface area (Å²) in [5, 5.41) is 0.840. The first-order valence-corrected chi connectivity index (χ1v) is 8.14. The highest BCUT2D eigenvalue weighted by atomic mass is 16.5. The fourth-order valence-electron chi connectivity index (χ4n) is 2.70. The van der Waals surface area contributed by atoms with Crippen molar-refractivity contribution >= 4 is 23.0 Å². The van der Waals surface area contributed by atoms with Crippen molar-refractivity contribution < 1.29 is 19.1 Å². The van der Waals surface area contributed by atoms with Gasteiger partial charge in [-0.2, -0.15) is 0 Å². The summed E-state index contributed by atoms with van der Waals surface area (Å²) in [6.07, 6.45) is 1.29. The molecule has 1 aromatic heterocycles. The Labute approximate surface area is 145 Å². The van der Waals surface area contributed by atoms with E-state index in [-0.39, 0.29) is 19.0 Å². The van der Waals surface area contributed by atoms with Gasteiger partial charge in [-0.3, -0.25) is 9.36 Å². The Hall–Kier alpha value is -3.08. The molecule has 128 valence electrons. The van der Waals surface area contributed by atoms with Crippen molar-refractivity contribution in [2.45, 2.75) is 20.0 Å². The fraction of sp³-hybridized carbons (Fsp3) is 0.200. The Morgan fingerprint density at radius 1 is 0.960 bits per heavy atom. The molecule has 0 N–H and O–H groups in total. The minimum absolute atomic E-state index is 0.118. The Kier molecular flexibility index (Phi) is 5.14. The van der Waals surface area contributed by atoms with E-state index in [9.17, 15) is 9.59 Å². The maximum Gasteiger partial charge on any atom is 0.418 e. The third kappa shape index (κ3) is 3.88. The first-order chi connectivity index (χ1) is 12.2. The summed E-state index contributed by atoms with van der Waals surface area (Å²) in [5.41, 5.74) is 2.37. The SMILES string of the molecule is CCOC(=O)Cc1cn(C(=O)OCc2ccccc2)c2ccccc12. The molecule has 0 atom stereocenters.